The van der Waals surface area contributed by atoms with Gasteiger partial charge in [-0.3, -0.25) is 9.59 Å². The Balaban J connectivity index is 2.46. The lowest BCUT2D eigenvalue weighted by Crippen LogP contribution is -2.15. The third-order valence-corrected chi connectivity index (χ3v) is 3.08. The number of aromatic nitrogens is 1. The van der Waals surface area contributed by atoms with Crippen LogP contribution in [0.3, 0.4) is 0 Å². The van der Waals surface area contributed by atoms with Crippen molar-refractivity contribution >= 4 is 5.97 Å². The van der Waals surface area contributed by atoms with E-state index in [4.69, 9.17) is 0 Å². The minimum Gasteiger partial charge on any atom is -0.469 e. The van der Waals surface area contributed by atoms with Crippen molar-refractivity contribution in [1.82, 2.24) is 4.98 Å². The van der Waals surface area contributed by atoms with Gasteiger partial charge in [-0.25, -0.2) is 4.39 Å². The van der Waals surface area contributed by atoms with Gasteiger partial charge in [0.25, 0.3) is 0 Å². The van der Waals surface area contributed by atoms with Gasteiger partial charge in [0.2, 0.25) is 5.56 Å². The molecule has 0 amide bonds. The number of hydrogen-bond acceptors (Lipinski definition) is 3. The monoisotopic (exact) mass is 275 g/mol. The Labute approximate surface area is 115 Å². The van der Waals surface area contributed by atoms with Gasteiger partial charge in [0.15, 0.2) is 0 Å². The summed E-state index contributed by atoms with van der Waals surface area (Å²) in [5.74, 6) is -1.31. The molecule has 0 fully saturated rings. The molecule has 1 unspecified atom stereocenters. The first-order valence-corrected chi connectivity index (χ1v) is 6.09. The first-order chi connectivity index (χ1) is 9.51. The van der Waals surface area contributed by atoms with Crippen LogP contribution in [0.25, 0.3) is 11.3 Å². The van der Waals surface area contributed by atoms with Crippen LogP contribution in [0, 0.1) is 5.82 Å². The lowest BCUT2D eigenvalue weighted by Gasteiger charge is -2.11. The van der Waals surface area contributed by atoms with Gasteiger partial charge in [0.1, 0.15) is 5.82 Å². The summed E-state index contributed by atoms with van der Waals surface area (Å²) in [4.78, 5) is 25.9. The lowest BCUT2D eigenvalue weighted by atomic mass is 10.00. The number of nitrogens with one attached hydrogen (secondary N) is 1. The van der Waals surface area contributed by atoms with E-state index in [1.165, 1.54) is 25.3 Å². The molecule has 0 saturated heterocycles. The second kappa shape index (κ2) is 5.69. The molecule has 1 aromatic heterocycles. The van der Waals surface area contributed by atoms with Crippen LogP contribution < -0.4 is 5.56 Å². The molecule has 2 aromatic rings. The second-order valence-electron chi connectivity index (χ2n) is 4.44. The Morgan fingerprint density at radius 3 is 2.50 bits per heavy atom. The quantitative estimate of drug-likeness (QED) is 0.875. The van der Waals surface area contributed by atoms with Gasteiger partial charge < -0.3 is 9.72 Å². The number of H-pyrrole nitrogens is 1. The van der Waals surface area contributed by atoms with Gasteiger partial charge >= 0.3 is 5.97 Å². The fourth-order valence-corrected chi connectivity index (χ4v) is 1.91. The number of esters is 1. The van der Waals surface area contributed by atoms with Gasteiger partial charge in [0.05, 0.1) is 13.0 Å². The highest BCUT2D eigenvalue weighted by molar-refractivity contribution is 5.78. The zero-order valence-electron chi connectivity index (χ0n) is 11.1. The molecule has 0 bridgehead atoms. The largest absolute Gasteiger partial charge is 0.469 e. The Morgan fingerprint density at radius 2 is 1.90 bits per heavy atom. The number of benzene rings is 1. The van der Waals surface area contributed by atoms with E-state index >= 15 is 0 Å². The number of ether oxygens (including phenoxy) is 1. The van der Waals surface area contributed by atoms with E-state index in [9.17, 15) is 14.0 Å². The molecule has 0 radical (unpaired) electrons. The van der Waals surface area contributed by atoms with E-state index in [2.05, 4.69) is 9.72 Å². The zero-order chi connectivity index (χ0) is 14.7. The predicted octanol–water partition coefficient (Wildman–Crippen LogP) is 2.46. The molecular weight excluding hydrogens is 261 g/mol. The van der Waals surface area contributed by atoms with Crippen molar-refractivity contribution in [3.63, 3.8) is 0 Å². The van der Waals surface area contributed by atoms with Crippen molar-refractivity contribution in [1.29, 1.82) is 0 Å². The molecule has 0 aliphatic heterocycles. The van der Waals surface area contributed by atoms with Crippen LogP contribution in [-0.4, -0.2) is 18.1 Å². The first-order valence-electron chi connectivity index (χ1n) is 6.09. The minimum absolute atomic E-state index is 0.322. The molecular formula is C15H14FNO3. The molecule has 0 aliphatic rings. The number of carbonyl (C=O) groups is 1. The Morgan fingerprint density at radius 1 is 1.25 bits per heavy atom. The van der Waals surface area contributed by atoms with Crippen molar-refractivity contribution in [3.05, 3.63) is 58.1 Å². The van der Waals surface area contributed by atoms with Crippen LogP contribution >= 0.6 is 0 Å². The number of methoxy groups -OCH3 is 1. The highest BCUT2D eigenvalue weighted by Crippen LogP contribution is 2.21. The summed E-state index contributed by atoms with van der Waals surface area (Å²) in [6.07, 6.45) is 0. The second-order valence-corrected chi connectivity index (χ2v) is 4.44. The molecule has 1 heterocycles. The fourth-order valence-electron chi connectivity index (χ4n) is 1.91. The van der Waals surface area contributed by atoms with Gasteiger partial charge in [-0.1, -0.05) is 0 Å². The SMILES string of the molecule is COC(=O)C(C)c1cc(-c2ccc(F)cc2)[nH]c(=O)c1. The van der Waals surface area contributed by atoms with Crippen LogP contribution in [0.1, 0.15) is 18.4 Å². The summed E-state index contributed by atoms with van der Waals surface area (Å²) in [7, 11) is 1.30. The molecule has 1 atom stereocenters. The summed E-state index contributed by atoms with van der Waals surface area (Å²) in [5, 5.41) is 0. The van der Waals surface area contributed by atoms with Crippen LogP contribution in [0.5, 0.6) is 0 Å². The first kappa shape index (κ1) is 14.0. The Kier molecular flexibility index (Phi) is 3.98. The molecule has 104 valence electrons. The number of hydrogen-bond donors (Lipinski definition) is 1. The van der Waals surface area contributed by atoms with Crippen molar-refractivity contribution in [2.45, 2.75) is 12.8 Å². The fraction of sp³-hybridized carbons (Fsp3) is 0.200. The van der Waals surface area contributed by atoms with Crippen LogP contribution in [-0.2, 0) is 9.53 Å². The maximum Gasteiger partial charge on any atom is 0.312 e. The number of rotatable bonds is 3. The smallest absolute Gasteiger partial charge is 0.312 e. The Hall–Kier alpha value is -2.43. The van der Waals surface area contributed by atoms with Gasteiger partial charge in [0, 0.05) is 11.8 Å². The van der Waals surface area contributed by atoms with Crippen molar-refractivity contribution in [2.75, 3.05) is 7.11 Å². The Bertz CT molecular complexity index is 676. The maximum atomic E-state index is 12.9. The molecule has 0 spiro atoms. The molecule has 20 heavy (non-hydrogen) atoms. The average Bonchev–Trinajstić information content (AvgIpc) is 2.45. The van der Waals surface area contributed by atoms with Crippen LogP contribution in [0.15, 0.2) is 41.2 Å². The summed E-state index contributed by atoms with van der Waals surface area (Å²) in [5.41, 5.74) is 1.43. The van der Waals surface area contributed by atoms with E-state index in [1.807, 2.05) is 0 Å². The summed E-state index contributed by atoms with van der Waals surface area (Å²) < 4.78 is 17.6. The highest BCUT2D eigenvalue weighted by Gasteiger charge is 2.17. The number of halogens is 1. The van der Waals surface area contributed by atoms with Crippen LogP contribution in [0.2, 0.25) is 0 Å². The topological polar surface area (TPSA) is 59.2 Å². The number of pyridine rings is 1. The molecule has 1 aromatic carbocycles. The van der Waals surface area contributed by atoms with E-state index in [-0.39, 0.29) is 11.4 Å². The van der Waals surface area contributed by atoms with Gasteiger partial charge in [-0.2, -0.15) is 0 Å². The molecule has 5 heteroatoms. The van der Waals surface area contributed by atoms with Crippen LogP contribution in [0.4, 0.5) is 4.39 Å². The van der Waals surface area contributed by atoms with Gasteiger partial charge in [-0.05, 0) is 48.4 Å². The zero-order valence-corrected chi connectivity index (χ0v) is 11.1. The van der Waals surface area contributed by atoms with Crippen molar-refractivity contribution in [2.24, 2.45) is 0 Å². The van der Waals surface area contributed by atoms with Crippen molar-refractivity contribution < 1.29 is 13.9 Å². The summed E-state index contributed by atoms with van der Waals surface area (Å²) in [6.45, 7) is 1.66. The molecule has 4 nitrogen and oxygen atoms in total. The molecule has 0 saturated carbocycles. The molecule has 2 rings (SSSR count). The minimum atomic E-state index is -0.540. The molecule has 0 aliphatic carbocycles. The number of carbonyl (C=O) groups excluding carboxylic acids is 1. The normalized spacial score (nSPS) is 11.9. The number of aromatic amines is 1. The third-order valence-electron chi connectivity index (χ3n) is 3.08. The van der Waals surface area contributed by atoms with E-state index < -0.39 is 11.9 Å². The standard InChI is InChI=1S/C15H14FNO3/c1-9(15(19)20-2)11-7-13(17-14(18)8-11)10-3-5-12(16)6-4-10/h3-9H,1-2H3,(H,17,18). The van der Waals surface area contributed by atoms with E-state index in [0.717, 1.165) is 0 Å². The molecule has 1 N–H and O–H groups in total. The summed E-state index contributed by atoms with van der Waals surface area (Å²) >= 11 is 0. The lowest BCUT2D eigenvalue weighted by molar-refractivity contribution is -0.141. The highest BCUT2D eigenvalue weighted by atomic mass is 19.1. The van der Waals surface area contributed by atoms with E-state index in [0.29, 0.717) is 16.8 Å². The predicted molar refractivity (Wildman–Crippen MR) is 72.9 cm³/mol. The third kappa shape index (κ3) is 2.93. The van der Waals surface area contributed by atoms with Gasteiger partial charge in [-0.15, -0.1) is 0 Å². The summed E-state index contributed by atoms with van der Waals surface area (Å²) in [6, 6.07) is 8.79. The average molecular weight is 275 g/mol. The van der Waals surface area contributed by atoms with Crippen molar-refractivity contribution in [3.8, 4) is 11.3 Å². The maximum absolute atomic E-state index is 12.9. The van der Waals surface area contributed by atoms with E-state index in [1.54, 1.807) is 25.1 Å².